The zero-order chi connectivity index (χ0) is 14.5. The summed E-state index contributed by atoms with van der Waals surface area (Å²) in [7, 11) is 0. The van der Waals surface area contributed by atoms with E-state index in [0.29, 0.717) is 6.04 Å². The average Bonchev–Trinajstić information content (AvgIpc) is 2.71. The van der Waals surface area contributed by atoms with E-state index in [1.807, 2.05) is 11.3 Å². The molecule has 2 nitrogen and oxygen atoms in total. The molecule has 1 heterocycles. The monoisotopic (exact) mass is 288 g/mol. The van der Waals surface area contributed by atoms with Gasteiger partial charge in [0, 0.05) is 17.3 Å². The number of hydrogen-bond acceptors (Lipinski definition) is 3. The quantitative estimate of drug-likeness (QED) is 0.874. The predicted octanol–water partition coefficient (Wildman–Crippen LogP) is 3.83. The molecule has 2 rings (SSSR count). The first-order valence-corrected chi connectivity index (χ1v) is 8.12. The van der Waals surface area contributed by atoms with Gasteiger partial charge in [0.25, 0.3) is 0 Å². The first-order valence-electron chi connectivity index (χ1n) is 7.30. The molecule has 0 aliphatic heterocycles. The second-order valence-corrected chi connectivity index (χ2v) is 6.69. The Morgan fingerprint density at radius 3 is 2.35 bits per heavy atom. The van der Waals surface area contributed by atoms with Crippen molar-refractivity contribution in [1.29, 1.82) is 0 Å². The van der Waals surface area contributed by atoms with Crippen molar-refractivity contribution in [1.82, 2.24) is 10.3 Å². The van der Waals surface area contributed by atoms with Crippen molar-refractivity contribution < 1.29 is 0 Å². The van der Waals surface area contributed by atoms with Crippen LogP contribution in [0.4, 0.5) is 0 Å². The Kier molecular flexibility index (Phi) is 5.32. The fourth-order valence-corrected chi connectivity index (χ4v) is 3.37. The lowest BCUT2D eigenvalue weighted by Gasteiger charge is -2.17. The summed E-state index contributed by atoms with van der Waals surface area (Å²) >= 11 is 1.83. The van der Waals surface area contributed by atoms with Crippen molar-refractivity contribution in [3.05, 3.63) is 51.0 Å². The van der Waals surface area contributed by atoms with Crippen LogP contribution in [0.5, 0.6) is 0 Å². The Hall–Kier alpha value is -1.19. The average molecular weight is 288 g/mol. The Morgan fingerprint density at radius 1 is 1.10 bits per heavy atom. The minimum absolute atomic E-state index is 0.465. The van der Waals surface area contributed by atoms with E-state index in [0.717, 1.165) is 19.4 Å². The van der Waals surface area contributed by atoms with E-state index in [9.17, 15) is 0 Å². The number of thiazole rings is 1. The number of aromatic nitrogens is 1. The lowest BCUT2D eigenvalue weighted by Crippen LogP contribution is -2.33. The van der Waals surface area contributed by atoms with Gasteiger partial charge in [-0.3, -0.25) is 0 Å². The maximum atomic E-state index is 4.67. The molecule has 2 aromatic rings. The van der Waals surface area contributed by atoms with Crippen molar-refractivity contribution in [2.75, 3.05) is 6.54 Å². The zero-order valence-electron chi connectivity index (χ0n) is 12.9. The van der Waals surface area contributed by atoms with E-state index in [1.54, 1.807) is 0 Å². The number of rotatable bonds is 6. The molecule has 0 spiro atoms. The molecule has 0 fully saturated rings. The van der Waals surface area contributed by atoms with Gasteiger partial charge in [0.1, 0.15) is 0 Å². The highest BCUT2D eigenvalue weighted by Gasteiger charge is 2.13. The van der Waals surface area contributed by atoms with Crippen LogP contribution in [0.2, 0.25) is 0 Å². The molecule has 1 unspecified atom stereocenters. The molecule has 0 saturated carbocycles. The molecule has 1 aromatic carbocycles. The molecule has 1 aromatic heterocycles. The van der Waals surface area contributed by atoms with Crippen LogP contribution in [0, 0.1) is 20.8 Å². The molecule has 3 heteroatoms. The number of likely N-dealkylation sites (N-methyl/N-ethyl adjacent to an activating group) is 1. The van der Waals surface area contributed by atoms with Crippen LogP contribution in [-0.2, 0) is 12.8 Å². The van der Waals surface area contributed by atoms with E-state index >= 15 is 0 Å². The lowest BCUT2D eigenvalue weighted by molar-refractivity contribution is 0.520. The molecule has 0 saturated heterocycles. The van der Waals surface area contributed by atoms with Crippen LogP contribution in [0.15, 0.2) is 24.3 Å². The Bertz CT molecular complexity index is 523. The molecule has 0 amide bonds. The van der Waals surface area contributed by atoms with Crippen molar-refractivity contribution in [2.45, 2.75) is 46.6 Å². The van der Waals surface area contributed by atoms with E-state index < -0.39 is 0 Å². The molecule has 0 aliphatic rings. The van der Waals surface area contributed by atoms with Crippen LogP contribution in [-0.4, -0.2) is 17.6 Å². The Balaban J connectivity index is 2.04. The predicted molar refractivity (Wildman–Crippen MR) is 87.6 cm³/mol. The van der Waals surface area contributed by atoms with Gasteiger partial charge >= 0.3 is 0 Å². The number of hydrogen-bond donors (Lipinski definition) is 1. The standard InChI is InChI=1S/C17H24N2S/c1-5-18-16(10-15-8-6-12(2)7-9-15)11-17-19-13(3)14(4)20-17/h6-9,16,18H,5,10-11H2,1-4H3. The van der Waals surface area contributed by atoms with Gasteiger partial charge in [-0.2, -0.15) is 0 Å². The number of nitrogens with one attached hydrogen (secondary N) is 1. The normalized spacial score (nSPS) is 12.6. The summed E-state index contributed by atoms with van der Waals surface area (Å²) in [5, 5.41) is 4.84. The van der Waals surface area contributed by atoms with Gasteiger partial charge in [-0.05, 0) is 39.3 Å². The van der Waals surface area contributed by atoms with Crippen LogP contribution in [0.1, 0.15) is 33.6 Å². The fraction of sp³-hybridized carbons (Fsp3) is 0.471. The van der Waals surface area contributed by atoms with Gasteiger partial charge in [0.2, 0.25) is 0 Å². The van der Waals surface area contributed by atoms with Gasteiger partial charge in [0.15, 0.2) is 0 Å². The summed E-state index contributed by atoms with van der Waals surface area (Å²) in [5.74, 6) is 0. The van der Waals surface area contributed by atoms with Gasteiger partial charge < -0.3 is 5.32 Å². The lowest BCUT2D eigenvalue weighted by atomic mass is 10.0. The zero-order valence-corrected chi connectivity index (χ0v) is 13.7. The third-order valence-corrected chi connectivity index (χ3v) is 4.68. The summed E-state index contributed by atoms with van der Waals surface area (Å²) in [5.41, 5.74) is 3.89. The highest BCUT2D eigenvalue weighted by molar-refractivity contribution is 7.11. The molecule has 0 radical (unpaired) electrons. The summed E-state index contributed by atoms with van der Waals surface area (Å²) in [6.45, 7) is 9.54. The van der Waals surface area contributed by atoms with Gasteiger partial charge in [-0.1, -0.05) is 36.8 Å². The van der Waals surface area contributed by atoms with Gasteiger partial charge in [-0.25, -0.2) is 4.98 Å². The maximum Gasteiger partial charge on any atom is 0.0946 e. The molecule has 0 bridgehead atoms. The largest absolute Gasteiger partial charge is 0.314 e. The molecule has 20 heavy (non-hydrogen) atoms. The van der Waals surface area contributed by atoms with Crippen molar-refractivity contribution in [2.24, 2.45) is 0 Å². The van der Waals surface area contributed by atoms with E-state index in [1.165, 1.54) is 26.7 Å². The summed E-state index contributed by atoms with van der Waals surface area (Å²) in [6.07, 6.45) is 2.08. The van der Waals surface area contributed by atoms with Crippen LogP contribution in [0.25, 0.3) is 0 Å². The first kappa shape index (κ1) is 15.2. The number of benzene rings is 1. The van der Waals surface area contributed by atoms with E-state index in [2.05, 4.69) is 62.3 Å². The van der Waals surface area contributed by atoms with Crippen molar-refractivity contribution >= 4 is 11.3 Å². The minimum Gasteiger partial charge on any atom is -0.314 e. The second-order valence-electron chi connectivity index (χ2n) is 5.40. The minimum atomic E-state index is 0.465. The van der Waals surface area contributed by atoms with E-state index in [4.69, 9.17) is 0 Å². The molecular formula is C17H24N2S. The number of aryl methyl sites for hydroxylation is 3. The summed E-state index contributed by atoms with van der Waals surface area (Å²) in [6, 6.07) is 9.31. The Labute approximate surface area is 126 Å². The van der Waals surface area contributed by atoms with Crippen LogP contribution in [0.3, 0.4) is 0 Å². The smallest absolute Gasteiger partial charge is 0.0946 e. The molecule has 0 aliphatic carbocycles. The fourth-order valence-electron chi connectivity index (χ4n) is 2.35. The third kappa shape index (κ3) is 4.15. The van der Waals surface area contributed by atoms with Crippen molar-refractivity contribution in [3.8, 4) is 0 Å². The van der Waals surface area contributed by atoms with Gasteiger partial charge in [-0.15, -0.1) is 11.3 Å². The van der Waals surface area contributed by atoms with Crippen molar-refractivity contribution in [3.63, 3.8) is 0 Å². The SMILES string of the molecule is CCNC(Cc1ccc(C)cc1)Cc1nc(C)c(C)s1. The highest BCUT2D eigenvalue weighted by atomic mass is 32.1. The summed E-state index contributed by atoms with van der Waals surface area (Å²) < 4.78 is 0. The number of nitrogens with zero attached hydrogens (tertiary/aromatic N) is 1. The molecular weight excluding hydrogens is 264 g/mol. The molecule has 108 valence electrons. The van der Waals surface area contributed by atoms with Crippen LogP contribution < -0.4 is 5.32 Å². The van der Waals surface area contributed by atoms with Gasteiger partial charge in [0.05, 0.1) is 10.7 Å². The maximum absolute atomic E-state index is 4.67. The topological polar surface area (TPSA) is 24.9 Å². The molecule has 1 atom stereocenters. The molecule has 1 N–H and O–H groups in total. The van der Waals surface area contributed by atoms with E-state index in [-0.39, 0.29) is 0 Å². The Morgan fingerprint density at radius 2 is 1.80 bits per heavy atom. The first-order chi connectivity index (χ1) is 9.58. The van der Waals surface area contributed by atoms with Crippen LogP contribution >= 0.6 is 11.3 Å². The summed E-state index contributed by atoms with van der Waals surface area (Å²) in [4.78, 5) is 6.01. The highest BCUT2D eigenvalue weighted by Crippen LogP contribution is 2.19. The third-order valence-electron chi connectivity index (χ3n) is 3.59. The second kappa shape index (κ2) is 7.00.